The fourth-order valence-electron chi connectivity index (χ4n) is 2.84. The number of rotatable bonds is 0. The highest BCUT2D eigenvalue weighted by Gasteiger charge is 2.20. The van der Waals surface area contributed by atoms with Crippen LogP contribution in [0.15, 0.2) is 34.3 Å². The predicted molar refractivity (Wildman–Crippen MR) is 79.3 cm³/mol. The van der Waals surface area contributed by atoms with E-state index in [-0.39, 0.29) is 0 Å². The quantitative estimate of drug-likeness (QED) is 0.683. The molecule has 0 unspecified atom stereocenters. The van der Waals surface area contributed by atoms with Crippen LogP contribution >= 0.6 is 0 Å². The molecule has 1 N–H and O–H groups in total. The van der Waals surface area contributed by atoms with E-state index in [0.29, 0.717) is 25.5 Å². The van der Waals surface area contributed by atoms with Crippen molar-refractivity contribution in [1.82, 2.24) is 0 Å². The predicted octanol–water partition coefficient (Wildman–Crippen LogP) is 1.56. The number of fused-ring (bicyclic) bond motifs is 4. The van der Waals surface area contributed by atoms with Crippen molar-refractivity contribution in [3.63, 3.8) is 0 Å². The monoisotopic (exact) mass is 295 g/mol. The Hall–Kier alpha value is -2.76. The molecule has 3 heterocycles. The Morgan fingerprint density at radius 2 is 1.77 bits per heavy atom. The van der Waals surface area contributed by atoms with E-state index in [2.05, 4.69) is 15.3 Å². The second-order valence-corrected chi connectivity index (χ2v) is 5.32. The first-order chi connectivity index (χ1) is 10.9. The summed E-state index contributed by atoms with van der Waals surface area (Å²) >= 11 is 0. The van der Waals surface area contributed by atoms with Gasteiger partial charge in [0.2, 0.25) is 0 Å². The zero-order chi connectivity index (χ0) is 14.5. The molecule has 0 amide bonds. The van der Waals surface area contributed by atoms with Crippen LogP contribution in [-0.2, 0) is 0 Å². The lowest BCUT2D eigenvalue weighted by Gasteiger charge is -2.22. The van der Waals surface area contributed by atoms with Gasteiger partial charge in [0.1, 0.15) is 41.1 Å². The first kappa shape index (κ1) is 11.9. The van der Waals surface area contributed by atoms with E-state index in [9.17, 15) is 0 Å². The molecule has 0 saturated heterocycles. The van der Waals surface area contributed by atoms with Crippen LogP contribution in [0.25, 0.3) is 0 Å². The van der Waals surface area contributed by atoms with Gasteiger partial charge < -0.3 is 19.5 Å². The maximum atomic E-state index is 6.00. The Bertz CT molecular complexity index is 908. The van der Waals surface area contributed by atoms with Crippen LogP contribution in [-0.4, -0.2) is 26.3 Å². The van der Waals surface area contributed by atoms with E-state index in [0.717, 1.165) is 45.9 Å². The molecule has 0 atom stereocenters. The van der Waals surface area contributed by atoms with Crippen molar-refractivity contribution in [3.8, 4) is 23.0 Å². The molecule has 2 aromatic carbocycles. The van der Waals surface area contributed by atoms with Gasteiger partial charge in [0.05, 0.1) is 12.2 Å². The molecule has 2 aromatic rings. The lowest BCUT2D eigenvalue weighted by Crippen LogP contribution is -2.23. The summed E-state index contributed by atoms with van der Waals surface area (Å²) in [6.07, 6.45) is 0. The molecule has 6 nitrogen and oxygen atoms in total. The van der Waals surface area contributed by atoms with Crippen LogP contribution in [0.3, 0.4) is 0 Å². The summed E-state index contributed by atoms with van der Waals surface area (Å²) in [5.74, 6) is 3.00. The minimum atomic E-state index is 0.607. The molecule has 110 valence electrons. The zero-order valence-corrected chi connectivity index (χ0v) is 11.8. The summed E-state index contributed by atoms with van der Waals surface area (Å²) < 4.78 is 17.3. The molecule has 0 fully saturated rings. The molecule has 3 aliphatic rings. The van der Waals surface area contributed by atoms with E-state index < -0.39 is 0 Å². The van der Waals surface area contributed by atoms with Gasteiger partial charge in [-0.15, -0.1) is 0 Å². The van der Waals surface area contributed by atoms with Crippen molar-refractivity contribution >= 4 is 11.4 Å². The first-order valence-electron chi connectivity index (χ1n) is 7.29. The summed E-state index contributed by atoms with van der Waals surface area (Å²) in [7, 11) is 0. The molecule has 0 bridgehead atoms. The minimum Gasteiger partial charge on any atom is -0.490 e. The molecule has 3 aliphatic heterocycles. The third-order valence-corrected chi connectivity index (χ3v) is 3.87. The molecule has 0 spiro atoms. The van der Waals surface area contributed by atoms with Crippen molar-refractivity contribution in [2.75, 3.05) is 31.6 Å². The van der Waals surface area contributed by atoms with Crippen LogP contribution in [0, 0.1) is 0 Å². The molecule has 5 rings (SSSR count). The average Bonchev–Trinajstić information content (AvgIpc) is 2.56. The third-order valence-electron chi connectivity index (χ3n) is 3.87. The van der Waals surface area contributed by atoms with Crippen LogP contribution in [0.1, 0.15) is 0 Å². The largest absolute Gasteiger partial charge is 0.490 e. The van der Waals surface area contributed by atoms with Gasteiger partial charge in [0, 0.05) is 30.8 Å². The van der Waals surface area contributed by atoms with E-state index in [1.165, 1.54) is 0 Å². The van der Waals surface area contributed by atoms with Gasteiger partial charge in [-0.1, -0.05) is 0 Å². The Kier molecular flexibility index (Phi) is 2.35. The molecule has 22 heavy (non-hydrogen) atoms. The number of hydrogen-bond donors (Lipinski definition) is 1. The van der Waals surface area contributed by atoms with Gasteiger partial charge in [-0.05, 0) is 0 Å². The second kappa shape index (κ2) is 4.37. The molecule has 0 aliphatic carbocycles. The highest BCUT2D eigenvalue weighted by molar-refractivity contribution is 5.71. The van der Waals surface area contributed by atoms with E-state index in [1.54, 1.807) is 0 Å². The summed E-state index contributed by atoms with van der Waals surface area (Å²) in [5.41, 5.74) is 1.71. The molecule has 6 heteroatoms. The van der Waals surface area contributed by atoms with Crippen LogP contribution < -0.4 is 30.2 Å². The number of nitrogens with one attached hydrogen (secondary N) is 1. The van der Waals surface area contributed by atoms with Gasteiger partial charge in [0.25, 0.3) is 0 Å². The summed E-state index contributed by atoms with van der Waals surface area (Å²) in [6.45, 7) is 2.74. The lowest BCUT2D eigenvalue weighted by atomic mass is 10.2. The topological polar surface area (TPSA) is 64.4 Å². The summed E-state index contributed by atoms with van der Waals surface area (Å²) in [6, 6.07) is 7.61. The number of anilines is 1. The summed E-state index contributed by atoms with van der Waals surface area (Å²) in [4.78, 5) is 9.12. The maximum Gasteiger partial charge on any atom is 0.155 e. The smallest absolute Gasteiger partial charge is 0.155 e. The van der Waals surface area contributed by atoms with Crippen molar-refractivity contribution < 1.29 is 14.2 Å². The number of nitrogens with zero attached hydrogens (tertiary/aromatic N) is 2. The average molecular weight is 295 g/mol. The van der Waals surface area contributed by atoms with Gasteiger partial charge in [-0.25, -0.2) is 4.99 Å². The maximum absolute atomic E-state index is 6.00. The minimum absolute atomic E-state index is 0.607. The molecular weight excluding hydrogens is 282 g/mol. The van der Waals surface area contributed by atoms with Crippen molar-refractivity contribution in [2.24, 2.45) is 9.98 Å². The number of hydrogen-bond acceptors (Lipinski definition) is 6. The Morgan fingerprint density at radius 1 is 0.864 bits per heavy atom. The second-order valence-electron chi connectivity index (χ2n) is 5.32. The molecular formula is C16H13N3O3. The number of benzene rings is 2. The van der Waals surface area contributed by atoms with E-state index in [4.69, 9.17) is 14.2 Å². The fraction of sp³-hybridized carbons (Fsp3) is 0.250. The van der Waals surface area contributed by atoms with Gasteiger partial charge >= 0.3 is 0 Å². The van der Waals surface area contributed by atoms with Crippen molar-refractivity contribution in [1.29, 1.82) is 0 Å². The number of ether oxygens (including phenoxy) is 3. The Labute approximate surface area is 126 Å². The summed E-state index contributed by atoms with van der Waals surface area (Å²) in [5, 5.41) is 4.88. The van der Waals surface area contributed by atoms with Crippen LogP contribution in [0.4, 0.5) is 11.4 Å². The van der Waals surface area contributed by atoms with Crippen LogP contribution in [0.2, 0.25) is 0 Å². The lowest BCUT2D eigenvalue weighted by molar-refractivity contribution is 0.308. The SMILES string of the molecule is c1c2c(cc3c1Oc1cc4c(cc1=N3)OCCN=4)OCCN2. The van der Waals surface area contributed by atoms with Gasteiger partial charge in [-0.2, -0.15) is 0 Å². The van der Waals surface area contributed by atoms with E-state index >= 15 is 0 Å². The van der Waals surface area contributed by atoms with Crippen molar-refractivity contribution in [2.45, 2.75) is 0 Å². The standard InChI is InChI=1S/C16H13N3O3/c1-3-20-13-7-11-15(5-9(13)17-1)22-16-6-10-14(8-12(16)19-11)21-4-2-18-10/h5-8,17H,1-4H2. The Balaban J connectivity index is 1.71. The van der Waals surface area contributed by atoms with Gasteiger partial charge in [-0.3, -0.25) is 4.99 Å². The van der Waals surface area contributed by atoms with Crippen LogP contribution in [0.5, 0.6) is 23.0 Å². The third kappa shape index (κ3) is 1.73. The van der Waals surface area contributed by atoms with Gasteiger partial charge in [0.15, 0.2) is 11.5 Å². The first-order valence-corrected chi connectivity index (χ1v) is 7.29. The Morgan fingerprint density at radius 3 is 2.77 bits per heavy atom. The zero-order valence-electron chi connectivity index (χ0n) is 11.8. The fourth-order valence-corrected chi connectivity index (χ4v) is 2.84. The molecule has 0 aromatic heterocycles. The molecule has 0 radical (unpaired) electrons. The highest BCUT2D eigenvalue weighted by Crippen LogP contribution is 2.42. The highest BCUT2D eigenvalue weighted by atomic mass is 16.5. The normalized spacial score (nSPS) is 16.7. The van der Waals surface area contributed by atoms with E-state index in [1.807, 2.05) is 24.3 Å². The van der Waals surface area contributed by atoms with Crippen molar-refractivity contribution in [3.05, 3.63) is 35.0 Å². The molecule has 0 saturated carbocycles.